The lowest BCUT2D eigenvalue weighted by atomic mass is 9.96. The molecule has 0 heterocycles. The van der Waals surface area contributed by atoms with Crippen LogP contribution in [0.3, 0.4) is 0 Å². The summed E-state index contributed by atoms with van der Waals surface area (Å²) < 4.78 is 11.5. The minimum atomic E-state index is 0.420. The van der Waals surface area contributed by atoms with E-state index in [4.69, 9.17) is 9.47 Å². The zero-order valence-electron chi connectivity index (χ0n) is 9.29. The molecule has 2 aliphatic rings. The maximum Gasteiger partial charge on any atom is 0.0704 e. The van der Waals surface area contributed by atoms with Gasteiger partial charge in [-0.1, -0.05) is 28.8 Å². The molecule has 2 saturated carbocycles. The van der Waals surface area contributed by atoms with Crippen molar-refractivity contribution >= 4 is 15.9 Å². The van der Waals surface area contributed by atoms with E-state index >= 15 is 0 Å². The number of halogens is 1. The van der Waals surface area contributed by atoms with E-state index in [1.54, 1.807) is 0 Å². The van der Waals surface area contributed by atoms with Crippen LogP contribution in [0.25, 0.3) is 0 Å². The van der Waals surface area contributed by atoms with Crippen molar-refractivity contribution in [2.24, 2.45) is 0 Å². The van der Waals surface area contributed by atoms with Gasteiger partial charge in [-0.2, -0.15) is 0 Å². The summed E-state index contributed by atoms with van der Waals surface area (Å²) in [7, 11) is 0. The van der Waals surface area contributed by atoms with E-state index in [1.807, 2.05) is 0 Å². The highest BCUT2D eigenvalue weighted by molar-refractivity contribution is 9.09. The van der Waals surface area contributed by atoms with E-state index in [9.17, 15) is 0 Å². The van der Waals surface area contributed by atoms with Crippen LogP contribution in [-0.2, 0) is 9.47 Å². The van der Waals surface area contributed by atoms with Gasteiger partial charge in [-0.05, 0) is 32.1 Å². The van der Waals surface area contributed by atoms with Crippen molar-refractivity contribution in [2.75, 3.05) is 13.2 Å². The Morgan fingerprint density at radius 2 is 1.60 bits per heavy atom. The molecule has 15 heavy (non-hydrogen) atoms. The molecule has 0 aliphatic heterocycles. The number of rotatable bonds is 5. The standard InChI is InChI=1S/C12H21BrO2/c13-11-6-1-2-7-12(11)15-9-8-14-10-4-3-5-10/h10-12H,1-9H2. The van der Waals surface area contributed by atoms with Crippen molar-refractivity contribution in [1.82, 2.24) is 0 Å². The van der Waals surface area contributed by atoms with E-state index in [0.29, 0.717) is 17.0 Å². The molecule has 3 heteroatoms. The lowest BCUT2D eigenvalue weighted by Gasteiger charge is -2.29. The van der Waals surface area contributed by atoms with Crippen LogP contribution in [-0.4, -0.2) is 30.2 Å². The second-order valence-electron chi connectivity index (χ2n) is 4.63. The number of alkyl halides is 1. The number of hydrogen-bond acceptors (Lipinski definition) is 2. The zero-order valence-corrected chi connectivity index (χ0v) is 10.9. The van der Waals surface area contributed by atoms with Gasteiger partial charge in [0.2, 0.25) is 0 Å². The van der Waals surface area contributed by atoms with Gasteiger partial charge in [0.1, 0.15) is 0 Å². The monoisotopic (exact) mass is 276 g/mol. The third-order valence-electron chi connectivity index (χ3n) is 3.44. The lowest BCUT2D eigenvalue weighted by molar-refractivity contribution is -0.0502. The molecular formula is C12H21BrO2. The van der Waals surface area contributed by atoms with E-state index < -0.39 is 0 Å². The lowest BCUT2D eigenvalue weighted by Crippen LogP contribution is -2.30. The Hall–Kier alpha value is 0.400. The van der Waals surface area contributed by atoms with Gasteiger partial charge in [-0.25, -0.2) is 0 Å². The molecule has 0 spiro atoms. The van der Waals surface area contributed by atoms with Crippen LogP contribution in [0.1, 0.15) is 44.9 Å². The quantitative estimate of drug-likeness (QED) is 0.567. The second-order valence-corrected chi connectivity index (χ2v) is 5.81. The summed E-state index contributed by atoms with van der Waals surface area (Å²) in [6, 6.07) is 0. The Bertz CT molecular complexity index is 182. The fraction of sp³-hybridized carbons (Fsp3) is 1.00. The average Bonchev–Trinajstić information content (AvgIpc) is 2.17. The van der Waals surface area contributed by atoms with Crippen LogP contribution in [0.5, 0.6) is 0 Å². The molecule has 0 aromatic rings. The second kappa shape index (κ2) is 6.21. The van der Waals surface area contributed by atoms with Gasteiger partial charge in [-0.3, -0.25) is 0 Å². The molecular weight excluding hydrogens is 256 g/mol. The van der Waals surface area contributed by atoms with E-state index in [-0.39, 0.29) is 0 Å². The molecule has 2 atom stereocenters. The molecule has 0 radical (unpaired) electrons. The molecule has 2 aliphatic carbocycles. The van der Waals surface area contributed by atoms with Gasteiger partial charge >= 0.3 is 0 Å². The highest BCUT2D eigenvalue weighted by Gasteiger charge is 2.23. The summed E-state index contributed by atoms with van der Waals surface area (Å²) in [6.45, 7) is 1.55. The summed E-state index contributed by atoms with van der Waals surface area (Å²) in [5, 5.41) is 0. The smallest absolute Gasteiger partial charge is 0.0704 e. The van der Waals surface area contributed by atoms with Crippen molar-refractivity contribution < 1.29 is 9.47 Å². The van der Waals surface area contributed by atoms with Gasteiger partial charge in [-0.15, -0.1) is 0 Å². The van der Waals surface area contributed by atoms with Crippen LogP contribution in [0, 0.1) is 0 Å². The average molecular weight is 277 g/mol. The molecule has 0 aromatic heterocycles. The predicted octanol–water partition coefficient (Wildman–Crippen LogP) is 3.28. The number of hydrogen-bond donors (Lipinski definition) is 0. The SMILES string of the molecule is BrC1CCCCC1OCCOC1CCC1. The van der Waals surface area contributed by atoms with Gasteiger partial charge in [0, 0.05) is 4.83 Å². The van der Waals surface area contributed by atoms with Crippen LogP contribution < -0.4 is 0 Å². The van der Waals surface area contributed by atoms with Crippen LogP contribution in [0.4, 0.5) is 0 Å². The molecule has 88 valence electrons. The highest BCUT2D eigenvalue weighted by Crippen LogP contribution is 2.27. The summed E-state index contributed by atoms with van der Waals surface area (Å²) in [5.74, 6) is 0. The first-order valence-corrected chi connectivity index (χ1v) is 7.15. The maximum absolute atomic E-state index is 5.84. The third-order valence-corrected chi connectivity index (χ3v) is 4.49. The first kappa shape index (κ1) is 11.9. The van der Waals surface area contributed by atoms with Gasteiger partial charge in [0.25, 0.3) is 0 Å². The first-order valence-electron chi connectivity index (χ1n) is 6.23. The molecule has 0 bridgehead atoms. The van der Waals surface area contributed by atoms with Crippen molar-refractivity contribution in [1.29, 1.82) is 0 Å². The van der Waals surface area contributed by atoms with Crippen molar-refractivity contribution in [3.63, 3.8) is 0 Å². The molecule has 0 N–H and O–H groups in total. The normalized spacial score (nSPS) is 32.6. The van der Waals surface area contributed by atoms with Crippen LogP contribution >= 0.6 is 15.9 Å². The van der Waals surface area contributed by atoms with E-state index in [1.165, 1.54) is 44.9 Å². The van der Waals surface area contributed by atoms with Gasteiger partial charge < -0.3 is 9.47 Å². The summed E-state index contributed by atoms with van der Waals surface area (Å²) in [6.07, 6.45) is 9.94. The molecule has 0 aromatic carbocycles. The molecule has 0 saturated heterocycles. The van der Waals surface area contributed by atoms with E-state index in [0.717, 1.165) is 13.2 Å². The Balaban J connectivity index is 1.52. The predicted molar refractivity (Wildman–Crippen MR) is 64.5 cm³/mol. The Kier molecular flexibility index (Phi) is 4.92. The fourth-order valence-electron chi connectivity index (χ4n) is 2.19. The molecule has 2 fully saturated rings. The van der Waals surface area contributed by atoms with Gasteiger partial charge in [0.15, 0.2) is 0 Å². The van der Waals surface area contributed by atoms with Crippen molar-refractivity contribution in [3.8, 4) is 0 Å². The third kappa shape index (κ3) is 3.72. The summed E-state index contributed by atoms with van der Waals surface area (Å²) in [5.41, 5.74) is 0. The van der Waals surface area contributed by atoms with Crippen LogP contribution in [0.2, 0.25) is 0 Å². The Labute approximate surface area is 101 Å². The summed E-state index contributed by atoms with van der Waals surface area (Å²) in [4.78, 5) is 0.565. The number of ether oxygens (including phenoxy) is 2. The zero-order chi connectivity index (χ0) is 10.5. The minimum absolute atomic E-state index is 0.420. The van der Waals surface area contributed by atoms with Gasteiger partial charge in [0.05, 0.1) is 25.4 Å². The Morgan fingerprint density at radius 3 is 2.27 bits per heavy atom. The minimum Gasteiger partial charge on any atom is -0.376 e. The molecule has 2 rings (SSSR count). The summed E-state index contributed by atoms with van der Waals surface area (Å²) >= 11 is 3.69. The molecule has 2 unspecified atom stereocenters. The molecule has 0 amide bonds. The fourth-order valence-corrected chi connectivity index (χ4v) is 2.93. The Morgan fingerprint density at radius 1 is 0.867 bits per heavy atom. The first-order chi connectivity index (χ1) is 7.36. The topological polar surface area (TPSA) is 18.5 Å². The van der Waals surface area contributed by atoms with Crippen LogP contribution in [0.15, 0.2) is 0 Å². The largest absolute Gasteiger partial charge is 0.376 e. The molecule has 2 nitrogen and oxygen atoms in total. The van der Waals surface area contributed by atoms with Crippen molar-refractivity contribution in [2.45, 2.75) is 62.0 Å². The van der Waals surface area contributed by atoms with Crippen molar-refractivity contribution in [3.05, 3.63) is 0 Å². The maximum atomic E-state index is 5.84. The highest BCUT2D eigenvalue weighted by atomic mass is 79.9. The van der Waals surface area contributed by atoms with E-state index in [2.05, 4.69) is 15.9 Å².